The van der Waals surface area contributed by atoms with Gasteiger partial charge in [-0.05, 0) is 64.4 Å². The summed E-state index contributed by atoms with van der Waals surface area (Å²) in [4.78, 5) is 38.7. The van der Waals surface area contributed by atoms with E-state index in [-0.39, 0.29) is 18.2 Å². The molecule has 7 heteroatoms. The lowest BCUT2D eigenvalue weighted by Crippen LogP contribution is -2.50. The maximum atomic E-state index is 13.0. The number of hydrogen-bond acceptors (Lipinski definition) is 6. The number of aliphatic hydroxyl groups excluding tert-OH is 1. The highest BCUT2D eigenvalue weighted by Gasteiger charge is 2.32. The normalized spacial score (nSPS) is 16.4. The first-order valence-electron chi connectivity index (χ1n) is 13.2. The predicted octanol–water partition coefficient (Wildman–Crippen LogP) is 4.09. The largest absolute Gasteiger partial charge is 0.356 e. The van der Waals surface area contributed by atoms with E-state index in [1.807, 2.05) is 51.1 Å². The van der Waals surface area contributed by atoms with E-state index in [4.69, 9.17) is 4.74 Å². The second-order valence-electron chi connectivity index (χ2n) is 10.8. The molecule has 0 spiro atoms. The summed E-state index contributed by atoms with van der Waals surface area (Å²) in [6.07, 6.45) is 6.39. The van der Waals surface area contributed by atoms with Gasteiger partial charge in [-0.2, -0.15) is 0 Å². The molecule has 1 aromatic carbocycles. The third-order valence-corrected chi connectivity index (χ3v) is 6.49. The number of benzene rings is 1. The molecule has 1 aliphatic rings. The van der Waals surface area contributed by atoms with Gasteiger partial charge in [-0.15, -0.1) is 6.58 Å². The minimum Gasteiger partial charge on any atom is -0.356 e. The van der Waals surface area contributed by atoms with E-state index in [1.54, 1.807) is 6.08 Å². The Morgan fingerprint density at radius 1 is 1.19 bits per heavy atom. The first-order valence-corrected chi connectivity index (χ1v) is 13.2. The van der Waals surface area contributed by atoms with Crippen LogP contribution in [-0.4, -0.2) is 47.2 Å². The maximum absolute atomic E-state index is 13.0. The molecule has 0 radical (unpaired) electrons. The maximum Gasteiger partial charge on any atom is 0.223 e. The van der Waals surface area contributed by atoms with Crippen LogP contribution in [0.5, 0.6) is 0 Å². The number of carbonyl (C=O) groups excluding carboxylic acids is 3. The quantitative estimate of drug-likeness (QED) is 0.129. The molecule has 1 aromatic rings. The van der Waals surface area contributed by atoms with Crippen LogP contribution in [0.1, 0.15) is 77.7 Å². The molecule has 0 aromatic heterocycles. The first kappa shape index (κ1) is 29.9. The molecule has 1 saturated carbocycles. The summed E-state index contributed by atoms with van der Waals surface area (Å²) in [7, 11) is 0. The number of carbonyl (C=O) groups is 3. The van der Waals surface area contributed by atoms with Crippen LogP contribution in [0.25, 0.3) is 0 Å². The van der Waals surface area contributed by atoms with Gasteiger partial charge in [0.05, 0.1) is 11.6 Å². The number of ether oxygens (including phenoxy) is 1. The summed E-state index contributed by atoms with van der Waals surface area (Å²) < 4.78 is 5.50. The Kier molecular flexibility index (Phi) is 12.5. The monoisotopic (exact) mass is 500 g/mol. The zero-order valence-corrected chi connectivity index (χ0v) is 22.1. The van der Waals surface area contributed by atoms with Crippen LogP contribution in [0, 0.1) is 11.8 Å². The van der Waals surface area contributed by atoms with Gasteiger partial charge in [-0.3, -0.25) is 19.7 Å². The second kappa shape index (κ2) is 15.0. The highest BCUT2D eigenvalue weighted by atomic mass is 16.6. The van der Waals surface area contributed by atoms with Gasteiger partial charge < -0.3 is 15.2 Å². The minimum atomic E-state index is -1.33. The van der Waals surface area contributed by atoms with E-state index in [2.05, 4.69) is 17.2 Å². The molecule has 3 atom stereocenters. The Hall–Kier alpha value is -2.35. The van der Waals surface area contributed by atoms with Crippen LogP contribution in [0.4, 0.5) is 0 Å². The molecule has 1 aliphatic carbocycles. The number of ketones is 2. The average molecular weight is 501 g/mol. The van der Waals surface area contributed by atoms with Crippen molar-refractivity contribution in [1.82, 2.24) is 10.6 Å². The van der Waals surface area contributed by atoms with Gasteiger partial charge in [-0.25, -0.2) is 0 Å². The molecule has 3 N–H and O–H groups in total. The number of aliphatic hydroxyl groups is 1. The van der Waals surface area contributed by atoms with Gasteiger partial charge in [0.1, 0.15) is 0 Å². The zero-order valence-electron chi connectivity index (χ0n) is 22.1. The van der Waals surface area contributed by atoms with Crippen molar-refractivity contribution in [3.8, 4) is 0 Å². The highest BCUT2D eigenvalue weighted by Crippen LogP contribution is 2.31. The molecule has 0 heterocycles. The van der Waals surface area contributed by atoms with Crippen molar-refractivity contribution in [1.29, 1.82) is 0 Å². The highest BCUT2D eigenvalue weighted by molar-refractivity contribution is 6.39. The number of nitrogens with one attached hydrogen (secondary N) is 2. The van der Waals surface area contributed by atoms with Gasteiger partial charge in [0.15, 0.2) is 5.78 Å². The van der Waals surface area contributed by atoms with Crippen LogP contribution in [-0.2, 0) is 25.5 Å². The summed E-state index contributed by atoms with van der Waals surface area (Å²) in [6, 6.07) is 9.02. The molecule has 0 bridgehead atoms. The fraction of sp³-hybridized carbons (Fsp3) is 0.621. The van der Waals surface area contributed by atoms with E-state index in [0.717, 1.165) is 24.8 Å². The summed E-state index contributed by atoms with van der Waals surface area (Å²) in [5.74, 6) is -0.957. The Morgan fingerprint density at radius 2 is 1.89 bits per heavy atom. The van der Waals surface area contributed by atoms with Crippen molar-refractivity contribution in [2.45, 2.75) is 96.6 Å². The van der Waals surface area contributed by atoms with Crippen LogP contribution in [0.2, 0.25) is 0 Å². The lowest BCUT2D eigenvalue weighted by Gasteiger charge is -2.32. The molecule has 0 aliphatic heterocycles. The minimum absolute atomic E-state index is 0.0496. The van der Waals surface area contributed by atoms with Crippen LogP contribution in [0.3, 0.4) is 0 Å². The smallest absolute Gasteiger partial charge is 0.223 e. The van der Waals surface area contributed by atoms with Crippen LogP contribution < -0.4 is 10.6 Å². The molecule has 36 heavy (non-hydrogen) atoms. The Morgan fingerprint density at radius 3 is 2.47 bits per heavy atom. The fourth-order valence-corrected chi connectivity index (χ4v) is 4.35. The number of hydrogen-bond donors (Lipinski definition) is 3. The van der Waals surface area contributed by atoms with Crippen molar-refractivity contribution in [2.75, 3.05) is 6.54 Å². The summed E-state index contributed by atoms with van der Waals surface area (Å²) >= 11 is 0. The van der Waals surface area contributed by atoms with Crippen molar-refractivity contribution >= 4 is 17.5 Å². The van der Waals surface area contributed by atoms with Crippen molar-refractivity contribution in [3.05, 3.63) is 48.6 Å². The standard InChI is InChI=1S/C29H44N2O5/c1-5-6-18-30-27(34)23(19-21-12-8-7-9-13-21)16-11-17-25(32)26(33)24(20-22-14-10-15-22)31-28(35)36-29(2,3)4/h5,7-9,12-13,22-24,28,31,35H,1,6,10-11,14-20H2,2-4H3,(H,30,34)/t23-,24-,28?/m0/s1. The van der Waals surface area contributed by atoms with E-state index in [9.17, 15) is 19.5 Å². The third kappa shape index (κ3) is 11.1. The van der Waals surface area contributed by atoms with Gasteiger partial charge in [0, 0.05) is 18.9 Å². The summed E-state index contributed by atoms with van der Waals surface area (Å²) in [5.41, 5.74) is 0.460. The van der Waals surface area contributed by atoms with E-state index in [1.165, 1.54) is 0 Å². The van der Waals surface area contributed by atoms with E-state index in [0.29, 0.717) is 44.6 Å². The van der Waals surface area contributed by atoms with Crippen molar-refractivity contribution in [2.24, 2.45) is 11.8 Å². The molecular formula is C29H44N2O5. The number of rotatable bonds is 17. The van der Waals surface area contributed by atoms with E-state index >= 15 is 0 Å². The molecule has 1 unspecified atom stereocenters. The van der Waals surface area contributed by atoms with Crippen molar-refractivity contribution in [3.63, 3.8) is 0 Å². The van der Waals surface area contributed by atoms with Crippen LogP contribution in [0.15, 0.2) is 43.0 Å². The zero-order chi connectivity index (χ0) is 26.6. The lowest BCUT2D eigenvalue weighted by molar-refractivity contribution is -0.187. The average Bonchev–Trinajstić information content (AvgIpc) is 2.78. The van der Waals surface area contributed by atoms with Gasteiger partial charge in [0.25, 0.3) is 0 Å². The fourth-order valence-electron chi connectivity index (χ4n) is 4.35. The van der Waals surface area contributed by atoms with Crippen molar-refractivity contribution < 1.29 is 24.2 Å². The molecule has 1 amide bonds. The van der Waals surface area contributed by atoms with Gasteiger partial charge >= 0.3 is 0 Å². The summed E-state index contributed by atoms with van der Waals surface area (Å²) in [5, 5.41) is 16.0. The van der Waals surface area contributed by atoms with E-state index < -0.39 is 29.6 Å². The Bertz CT molecular complexity index is 845. The molecule has 7 nitrogen and oxygen atoms in total. The molecule has 0 saturated heterocycles. The lowest BCUT2D eigenvalue weighted by atomic mass is 9.79. The second-order valence-corrected chi connectivity index (χ2v) is 10.8. The molecule has 2 rings (SSSR count). The molecular weight excluding hydrogens is 456 g/mol. The predicted molar refractivity (Wildman–Crippen MR) is 141 cm³/mol. The molecule has 200 valence electrons. The third-order valence-electron chi connectivity index (χ3n) is 6.49. The topological polar surface area (TPSA) is 105 Å². The van der Waals surface area contributed by atoms with Crippen LogP contribution >= 0.6 is 0 Å². The molecule has 1 fully saturated rings. The number of amides is 1. The van der Waals surface area contributed by atoms with Gasteiger partial charge in [-0.1, -0.05) is 55.7 Å². The van der Waals surface area contributed by atoms with Gasteiger partial charge in [0.2, 0.25) is 18.1 Å². The number of Topliss-reactive ketones (excluding diaryl/α,β-unsaturated/α-hetero) is 2. The Labute approximate surface area is 216 Å². The first-order chi connectivity index (χ1) is 17.1. The SMILES string of the molecule is C=CCCNC(=O)[C@@H](CCCC(=O)C(=O)[C@H](CC1CCC1)NC(O)OC(C)(C)C)Cc1ccccc1. The Balaban J connectivity index is 1.95. The summed E-state index contributed by atoms with van der Waals surface area (Å²) in [6.45, 7) is 9.64.